The zero-order valence-corrected chi connectivity index (χ0v) is 10.9. The molecule has 96 valence electrons. The molecule has 0 radical (unpaired) electrons. The van der Waals surface area contributed by atoms with Gasteiger partial charge in [0.25, 0.3) is 0 Å². The lowest BCUT2D eigenvalue weighted by Gasteiger charge is -2.26. The molecule has 0 saturated carbocycles. The minimum atomic E-state index is -0.987. The summed E-state index contributed by atoms with van der Waals surface area (Å²) in [6, 6.07) is 0. The molecule has 0 aliphatic heterocycles. The average molecular weight is 240 g/mol. The molecule has 0 spiro atoms. The van der Waals surface area contributed by atoms with E-state index in [4.69, 9.17) is 9.47 Å². The number of methoxy groups -OCH3 is 2. The quantitative estimate of drug-likeness (QED) is 0.822. The van der Waals surface area contributed by atoms with E-state index in [1.165, 1.54) is 20.4 Å². The van der Waals surface area contributed by atoms with E-state index in [9.17, 15) is 5.11 Å². The number of ether oxygens (including phenoxy) is 2. The van der Waals surface area contributed by atoms with Crippen LogP contribution in [-0.2, 0) is 5.60 Å². The maximum atomic E-state index is 10.5. The van der Waals surface area contributed by atoms with E-state index < -0.39 is 5.60 Å². The Bertz CT molecular complexity index is 371. The van der Waals surface area contributed by atoms with Crippen LogP contribution in [-0.4, -0.2) is 29.3 Å². The lowest BCUT2D eigenvalue weighted by Crippen LogP contribution is -2.27. The van der Waals surface area contributed by atoms with Crippen molar-refractivity contribution in [1.82, 2.24) is 9.97 Å². The fourth-order valence-electron chi connectivity index (χ4n) is 1.79. The molecule has 0 saturated heterocycles. The molecule has 0 amide bonds. The zero-order chi connectivity index (χ0) is 12.9. The van der Waals surface area contributed by atoms with Gasteiger partial charge in [0.1, 0.15) is 11.3 Å². The minimum absolute atomic E-state index is 0.321. The van der Waals surface area contributed by atoms with Crippen LogP contribution in [0.3, 0.4) is 0 Å². The molecular weight excluding hydrogens is 220 g/mol. The lowest BCUT2D eigenvalue weighted by atomic mass is 9.91. The topological polar surface area (TPSA) is 64.5 Å². The van der Waals surface area contributed by atoms with E-state index in [-0.39, 0.29) is 0 Å². The molecule has 1 atom stereocenters. The van der Waals surface area contributed by atoms with Gasteiger partial charge in [-0.25, -0.2) is 4.98 Å². The number of hydrogen-bond donors (Lipinski definition) is 1. The Hall–Kier alpha value is -1.36. The van der Waals surface area contributed by atoms with Crippen LogP contribution in [0.1, 0.15) is 38.8 Å². The Balaban J connectivity index is 3.19. The summed E-state index contributed by atoms with van der Waals surface area (Å²) in [5, 5.41) is 10.5. The summed E-state index contributed by atoms with van der Waals surface area (Å²) in [5.74, 6) is 0.697. The van der Waals surface area contributed by atoms with Gasteiger partial charge < -0.3 is 14.6 Å². The van der Waals surface area contributed by atoms with E-state index in [1.54, 1.807) is 0 Å². The highest BCUT2D eigenvalue weighted by Gasteiger charge is 2.32. The second-order valence-electron chi connectivity index (χ2n) is 3.91. The largest absolute Gasteiger partial charge is 0.480 e. The third-order valence-corrected chi connectivity index (χ3v) is 2.81. The van der Waals surface area contributed by atoms with Gasteiger partial charge in [0.2, 0.25) is 11.8 Å². The predicted molar refractivity (Wildman–Crippen MR) is 64.2 cm³/mol. The maximum Gasteiger partial charge on any atom is 0.241 e. The van der Waals surface area contributed by atoms with E-state index >= 15 is 0 Å². The number of aliphatic hydroxyl groups is 1. The standard InChI is InChI=1S/C12H20N2O3/c1-5-7-12(15,6-2)10-11(17-4)14-9(16-3)8-13-10/h8,15H,5-7H2,1-4H3. The second kappa shape index (κ2) is 5.82. The Morgan fingerprint density at radius 2 is 2.00 bits per heavy atom. The van der Waals surface area contributed by atoms with Gasteiger partial charge in [-0.05, 0) is 12.8 Å². The molecule has 0 aromatic carbocycles. The van der Waals surface area contributed by atoms with Gasteiger partial charge in [0.15, 0.2) is 0 Å². The number of aromatic nitrogens is 2. The van der Waals surface area contributed by atoms with Gasteiger partial charge in [-0.1, -0.05) is 20.3 Å². The Morgan fingerprint density at radius 3 is 2.47 bits per heavy atom. The fraction of sp³-hybridized carbons (Fsp3) is 0.667. The molecule has 1 heterocycles. The first-order valence-electron chi connectivity index (χ1n) is 5.79. The van der Waals surface area contributed by atoms with Gasteiger partial charge >= 0.3 is 0 Å². The molecule has 17 heavy (non-hydrogen) atoms. The highest BCUT2D eigenvalue weighted by molar-refractivity contribution is 5.28. The van der Waals surface area contributed by atoms with Crippen LogP contribution in [0.5, 0.6) is 11.8 Å². The van der Waals surface area contributed by atoms with E-state index in [2.05, 4.69) is 9.97 Å². The van der Waals surface area contributed by atoms with Crippen molar-refractivity contribution in [3.63, 3.8) is 0 Å². The van der Waals surface area contributed by atoms with Crippen molar-refractivity contribution >= 4 is 0 Å². The highest BCUT2D eigenvalue weighted by Crippen LogP contribution is 2.34. The van der Waals surface area contributed by atoms with Crippen LogP contribution >= 0.6 is 0 Å². The van der Waals surface area contributed by atoms with Crippen molar-refractivity contribution in [2.75, 3.05) is 14.2 Å². The SMILES string of the molecule is CCCC(O)(CC)c1ncc(OC)nc1OC. The van der Waals surface area contributed by atoms with Gasteiger partial charge in [0, 0.05) is 0 Å². The highest BCUT2D eigenvalue weighted by atomic mass is 16.5. The molecule has 0 aliphatic carbocycles. The van der Waals surface area contributed by atoms with Crippen LogP contribution in [0.2, 0.25) is 0 Å². The Labute approximate surface area is 102 Å². The lowest BCUT2D eigenvalue weighted by molar-refractivity contribution is 0.0151. The molecule has 5 heteroatoms. The molecule has 1 aromatic heterocycles. The molecule has 0 aliphatic rings. The zero-order valence-electron chi connectivity index (χ0n) is 10.9. The molecule has 1 rings (SSSR count). The van der Waals surface area contributed by atoms with Gasteiger partial charge in [-0.2, -0.15) is 4.98 Å². The maximum absolute atomic E-state index is 10.5. The predicted octanol–water partition coefficient (Wildman–Crippen LogP) is 1.89. The van der Waals surface area contributed by atoms with E-state index in [0.717, 1.165) is 6.42 Å². The molecule has 0 fully saturated rings. The molecule has 0 bridgehead atoms. The van der Waals surface area contributed by atoms with E-state index in [0.29, 0.717) is 30.3 Å². The van der Waals surface area contributed by atoms with Crippen LogP contribution in [0.25, 0.3) is 0 Å². The van der Waals surface area contributed by atoms with Crippen molar-refractivity contribution < 1.29 is 14.6 Å². The number of rotatable bonds is 6. The smallest absolute Gasteiger partial charge is 0.241 e. The van der Waals surface area contributed by atoms with Crippen LogP contribution in [0.4, 0.5) is 0 Å². The molecule has 1 unspecified atom stereocenters. The third-order valence-electron chi connectivity index (χ3n) is 2.81. The first-order chi connectivity index (χ1) is 8.11. The molecule has 1 N–H and O–H groups in total. The number of nitrogens with zero attached hydrogens (tertiary/aromatic N) is 2. The molecule has 1 aromatic rings. The first-order valence-corrected chi connectivity index (χ1v) is 5.79. The van der Waals surface area contributed by atoms with Gasteiger partial charge in [-0.15, -0.1) is 0 Å². The van der Waals surface area contributed by atoms with Crippen molar-refractivity contribution in [2.24, 2.45) is 0 Å². The Kier molecular flexibility index (Phi) is 4.69. The summed E-state index contributed by atoms with van der Waals surface area (Å²) < 4.78 is 10.2. The normalized spacial score (nSPS) is 14.2. The van der Waals surface area contributed by atoms with Crippen LogP contribution in [0, 0.1) is 0 Å². The van der Waals surface area contributed by atoms with Crippen LogP contribution < -0.4 is 9.47 Å². The van der Waals surface area contributed by atoms with Gasteiger partial charge in [0.05, 0.1) is 20.4 Å². The summed E-state index contributed by atoms with van der Waals surface area (Å²) in [6.07, 6.45) is 3.55. The Morgan fingerprint density at radius 1 is 1.29 bits per heavy atom. The second-order valence-corrected chi connectivity index (χ2v) is 3.91. The number of hydrogen-bond acceptors (Lipinski definition) is 5. The van der Waals surface area contributed by atoms with Crippen molar-refractivity contribution in [3.8, 4) is 11.8 Å². The summed E-state index contributed by atoms with van der Waals surface area (Å²) in [7, 11) is 3.02. The van der Waals surface area contributed by atoms with Crippen LogP contribution in [0.15, 0.2) is 6.20 Å². The van der Waals surface area contributed by atoms with Crippen molar-refractivity contribution in [2.45, 2.75) is 38.7 Å². The van der Waals surface area contributed by atoms with Gasteiger partial charge in [-0.3, -0.25) is 0 Å². The average Bonchev–Trinajstić information content (AvgIpc) is 2.38. The molecular formula is C12H20N2O3. The molecule has 5 nitrogen and oxygen atoms in total. The van der Waals surface area contributed by atoms with E-state index in [1.807, 2.05) is 13.8 Å². The monoisotopic (exact) mass is 240 g/mol. The first kappa shape index (κ1) is 13.7. The summed E-state index contributed by atoms with van der Waals surface area (Å²) >= 11 is 0. The summed E-state index contributed by atoms with van der Waals surface area (Å²) in [4.78, 5) is 8.36. The van der Waals surface area contributed by atoms with Crippen molar-refractivity contribution in [3.05, 3.63) is 11.9 Å². The summed E-state index contributed by atoms with van der Waals surface area (Å²) in [5.41, 5.74) is -0.510. The third kappa shape index (κ3) is 2.85. The minimum Gasteiger partial charge on any atom is -0.480 e. The van der Waals surface area contributed by atoms with Crippen molar-refractivity contribution in [1.29, 1.82) is 0 Å². The fourth-order valence-corrected chi connectivity index (χ4v) is 1.79. The summed E-state index contributed by atoms with van der Waals surface area (Å²) in [6.45, 7) is 3.94.